The normalized spacial score (nSPS) is 11.5. The molecular formula is C16H24N2O4S2. The van der Waals surface area contributed by atoms with Crippen molar-refractivity contribution >= 4 is 45.6 Å². The SMILES string of the molecule is CCOC(=O)c1sc(NC(=S)NC(C)CC)c(C(=O)OCC)c1C. The minimum Gasteiger partial charge on any atom is -0.462 e. The first-order valence-corrected chi connectivity index (χ1v) is 9.13. The zero-order chi connectivity index (χ0) is 18.3. The number of carbonyl (C=O) groups excluding carboxylic acids is 2. The Morgan fingerprint density at radius 3 is 2.29 bits per heavy atom. The van der Waals surface area contributed by atoms with Gasteiger partial charge in [-0.3, -0.25) is 0 Å². The van der Waals surface area contributed by atoms with E-state index in [4.69, 9.17) is 21.7 Å². The van der Waals surface area contributed by atoms with Crippen molar-refractivity contribution in [2.75, 3.05) is 18.5 Å². The van der Waals surface area contributed by atoms with Gasteiger partial charge in [-0.1, -0.05) is 6.92 Å². The van der Waals surface area contributed by atoms with Crippen LogP contribution in [0.15, 0.2) is 0 Å². The van der Waals surface area contributed by atoms with Gasteiger partial charge in [-0.15, -0.1) is 11.3 Å². The van der Waals surface area contributed by atoms with E-state index in [1.165, 1.54) is 0 Å². The maximum absolute atomic E-state index is 12.3. The first-order chi connectivity index (χ1) is 11.3. The highest BCUT2D eigenvalue weighted by Gasteiger charge is 2.26. The summed E-state index contributed by atoms with van der Waals surface area (Å²) in [7, 11) is 0. The van der Waals surface area contributed by atoms with Crippen molar-refractivity contribution in [3.63, 3.8) is 0 Å². The Hall–Kier alpha value is -1.67. The number of thiophene rings is 1. The molecule has 8 heteroatoms. The van der Waals surface area contributed by atoms with Gasteiger partial charge in [0.05, 0.1) is 18.8 Å². The van der Waals surface area contributed by atoms with Crippen LogP contribution >= 0.6 is 23.6 Å². The lowest BCUT2D eigenvalue weighted by Crippen LogP contribution is -2.35. The molecule has 0 aliphatic heterocycles. The summed E-state index contributed by atoms with van der Waals surface area (Å²) in [5.74, 6) is -0.949. The molecule has 1 aromatic rings. The molecule has 1 unspecified atom stereocenters. The Labute approximate surface area is 151 Å². The summed E-state index contributed by atoms with van der Waals surface area (Å²) in [6, 6.07) is 0.196. The van der Waals surface area contributed by atoms with Gasteiger partial charge in [-0.05, 0) is 51.9 Å². The number of esters is 2. The number of rotatable bonds is 7. The Balaban J connectivity index is 3.16. The molecule has 0 aliphatic rings. The van der Waals surface area contributed by atoms with E-state index in [0.29, 0.717) is 26.1 Å². The van der Waals surface area contributed by atoms with Crippen LogP contribution in [-0.4, -0.2) is 36.3 Å². The molecule has 0 aliphatic carbocycles. The van der Waals surface area contributed by atoms with Crippen molar-refractivity contribution in [1.29, 1.82) is 0 Å². The summed E-state index contributed by atoms with van der Waals surface area (Å²) in [4.78, 5) is 24.7. The van der Waals surface area contributed by atoms with Crippen LogP contribution in [0.2, 0.25) is 0 Å². The van der Waals surface area contributed by atoms with Crippen LogP contribution in [0.5, 0.6) is 0 Å². The Morgan fingerprint density at radius 2 is 1.75 bits per heavy atom. The van der Waals surface area contributed by atoms with Crippen LogP contribution in [0, 0.1) is 6.92 Å². The van der Waals surface area contributed by atoms with Crippen molar-refractivity contribution in [2.24, 2.45) is 0 Å². The molecule has 1 atom stereocenters. The minimum absolute atomic E-state index is 0.196. The summed E-state index contributed by atoms with van der Waals surface area (Å²) in [6.07, 6.45) is 0.907. The second-order valence-corrected chi connectivity index (χ2v) is 6.54. The lowest BCUT2D eigenvalue weighted by atomic mass is 10.1. The first kappa shape index (κ1) is 20.4. The largest absolute Gasteiger partial charge is 0.462 e. The Bertz CT molecular complexity index is 613. The van der Waals surface area contributed by atoms with Gasteiger partial charge in [-0.25, -0.2) is 9.59 Å². The van der Waals surface area contributed by atoms with E-state index in [-0.39, 0.29) is 19.3 Å². The van der Waals surface area contributed by atoms with Crippen molar-refractivity contribution < 1.29 is 19.1 Å². The fourth-order valence-electron chi connectivity index (χ4n) is 1.91. The zero-order valence-electron chi connectivity index (χ0n) is 14.6. The molecule has 6 nitrogen and oxygen atoms in total. The van der Waals surface area contributed by atoms with E-state index in [1.54, 1.807) is 20.8 Å². The maximum Gasteiger partial charge on any atom is 0.348 e. The summed E-state index contributed by atoms with van der Waals surface area (Å²) in [6.45, 7) is 9.72. The van der Waals surface area contributed by atoms with Gasteiger partial charge < -0.3 is 20.1 Å². The number of ether oxygens (including phenoxy) is 2. The molecule has 1 rings (SSSR count). The zero-order valence-corrected chi connectivity index (χ0v) is 16.3. The fourth-order valence-corrected chi connectivity index (χ4v) is 3.37. The second kappa shape index (κ2) is 9.58. The molecule has 0 amide bonds. The summed E-state index contributed by atoms with van der Waals surface area (Å²) < 4.78 is 10.1. The van der Waals surface area contributed by atoms with Gasteiger partial charge in [0.15, 0.2) is 5.11 Å². The number of thiocarbonyl (C=S) groups is 1. The molecule has 0 saturated heterocycles. The van der Waals surface area contributed by atoms with Gasteiger partial charge in [0.2, 0.25) is 0 Å². The highest BCUT2D eigenvalue weighted by atomic mass is 32.1. The molecule has 1 aromatic heterocycles. The highest BCUT2D eigenvalue weighted by molar-refractivity contribution is 7.80. The van der Waals surface area contributed by atoms with E-state index in [0.717, 1.165) is 17.8 Å². The van der Waals surface area contributed by atoms with E-state index >= 15 is 0 Å². The molecule has 0 bridgehead atoms. The van der Waals surface area contributed by atoms with Crippen molar-refractivity contribution in [3.05, 3.63) is 16.0 Å². The van der Waals surface area contributed by atoms with E-state index in [9.17, 15) is 9.59 Å². The molecule has 1 heterocycles. The van der Waals surface area contributed by atoms with Crippen LogP contribution in [0.4, 0.5) is 5.00 Å². The van der Waals surface area contributed by atoms with Crippen LogP contribution < -0.4 is 10.6 Å². The average molecular weight is 373 g/mol. The van der Waals surface area contributed by atoms with Crippen LogP contribution in [0.1, 0.15) is 59.7 Å². The standard InChI is InChI=1S/C16H24N2O4S2/c1-6-9(4)17-16(23)18-13-11(14(19)21-7-2)10(5)12(24-13)15(20)22-8-3/h9H,6-8H2,1-5H3,(H2,17,18,23). The summed E-state index contributed by atoms with van der Waals surface area (Å²) in [5.41, 5.74) is 0.851. The third-order valence-electron chi connectivity index (χ3n) is 3.30. The van der Waals surface area contributed by atoms with Crippen molar-refractivity contribution in [1.82, 2.24) is 5.32 Å². The average Bonchev–Trinajstić information content (AvgIpc) is 2.83. The number of carbonyl (C=O) groups is 2. The molecule has 24 heavy (non-hydrogen) atoms. The van der Waals surface area contributed by atoms with E-state index in [2.05, 4.69) is 10.6 Å². The molecule has 0 fully saturated rings. The monoisotopic (exact) mass is 372 g/mol. The van der Waals surface area contributed by atoms with Gasteiger partial charge >= 0.3 is 11.9 Å². The van der Waals surface area contributed by atoms with Crippen LogP contribution in [0.3, 0.4) is 0 Å². The molecule has 0 spiro atoms. The first-order valence-electron chi connectivity index (χ1n) is 7.90. The molecule has 0 radical (unpaired) electrons. The van der Waals surface area contributed by atoms with Gasteiger partial charge in [0, 0.05) is 6.04 Å². The predicted octanol–water partition coefficient (Wildman–Crippen LogP) is 3.49. The summed E-state index contributed by atoms with van der Waals surface area (Å²) in [5, 5.41) is 7.00. The maximum atomic E-state index is 12.3. The lowest BCUT2D eigenvalue weighted by molar-refractivity contribution is 0.0527. The lowest BCUT2D eigenvalue weighted by Gasteiger charge is -2.15. The number of nitrogens with one attached hydrogen (secondary N) is 2. The van der Waals surface area contributed by atoms with Crippen LogP contribution in [0.25, 0.3) is 0 Å². The quantitative estimate of drug-likeness (QED) is 0.560. The predicted molar refractivity (Wildman–Crippen MR) is 100 cm³/mol. The highest BCUT2D eigenvalue weighted by Crippen LogP contribution is 2.34. The number of hydrogen-bond acceptors (Lipinski definition) is 6. The third kappa shape index (κ3) is 5.17. The molecule has 134 valence electrons. The van der Waals surface area contributed by atoms with Gasteiger partial charge in [-0.2, -0.15) is 0 Å². The fraction of sp³-hybridized carbons (Fsp3) is 0.562. The molecule has 0 saturated carbocycles. The van der Waals surface area contributed by atoms with Crippen molar-refractivity contribution in [2.45, 2.75) is 47.1 Å². The Morgan fingerprint density at radius 1 is 1.17 bits per heavy atom. The van der Waals surface area contributed by atoms with E-state index < -0.39 is 11.9 Å². The van der Waals surface area contributed by atoms with E-state index in [1.807, 2.05) is 13.8 Å². The van der Waals surface area contributed by atoms with Crippen molar-refractivity contribution in [3.8, 4) is 0 Å². The minimum atomic E-state index is -0.490. The molecular weight excluding hydrogens is 348 g/mol. The number of hydrogen-bond donors (Lipinski definition) is 2. The Kier molecular flexibility index (Phi) is 8.14. The molecule has 0 aromatic carbocycles. The number of anilines is 1. The smallest absolute Gasteiger partial charge is 0.348 e. The summed E-state index contributed by atoms with van der Waals surface area (Å²) >= 11 is 6.41. The third-order valence-corrected chi connectivity index (χ3v) is 4.71. The van der Waals surface area contributed by atoms with Gasteiger partial charge in [0.1, 0.15) is 9.88 Å². The van der Waals surface area contributed by atoms with Gasteiger partial charge in [0.25, 0.3) is 0 Å². The van der Waals surface area contributed by atoms with Crippen LogP contribution in [-0.2, 0) is 9.47 Å². The topological polar surface area (TPSA) is 76.7 Å². The molecule has 2 N–H and O–H groups in total. The second-order valence-electron chi connectivity index (χ2n) is 5.11.